The van der Waals surface area contributed by atoms with E-state index < -0.39 is 0 Å². The minimum absolute atomic E-state index is 0.164. The standard InChI is InChI=1S/C16H26FN3/c1-19(2)11-12-20-9-7-16(8-10-20)18-13-14-3-5-15(17)6-4-14/h3-6,16,18H,7-13H2,1-2H3. The Labute approximate surface area is 121 Å². The van der Waals surface area contributed by atoms with Crippen LogP contribution in [0.4, 0.5) is 4.39 Å². The van der Waals surface area contributed by atoms with Gasteiger partial charge >= 0.3 is 0 Å². The van der Waals surface area contributed by atoms with Gasteiger partial charge in [0.2, 0.25) is 0 Å². The molecule has 0 unspecified atom stereocenters. The number of piperidine rings is 1. The van der Waals surface area contributed by atoms with E-state index in [9.17, 15) is 4.39 Å². The first-order valence-electron chi connectivity index (χ1n) is 7.48. The predicted octanol–water partition coefficient (Wildman–Crippen LogP) is 1.94. The molecule has 1 heterocycles. The number of halogens is 1. The number of hydrogen-bond acceptors (Lipinski definition) is 3. The highest BCUT2D eigenvalue weighted by atomic mass is 19.1. The summed E-state index contributed by atoms with van der Waals surface area (Å²) in [6, 6.07) is 7.36. The van der Waals surface area contributed by atoms with Gasteiger partial charge in [0.05, 0.1) is 0 Å². The van der Waals surface area contributed by atoms with Gasteiger partial charge in [0.1, 0.15) is 5.82 Å². The monoisotopic (exact) mass is 279 g/mol. The second-order valence-corrected chi connectivity index (χ2v) is 5.93. The Hall–Kier alpha value is -0.970. The average Bonchev–Trinajstić information content (AvgIpc) is 2.45. The number of nitrogens with one attached hydrogen (secondary N) is 1. The summed E-state index contributed by atoms with van der Waals surface area (Å²) in [7, 11) is 4.24. The van der Waals surface area contributed by atoms with Gasteiger partial charge in [-0.25, -0.2) is 4.39 Å². The first kappa shape index (κ1) is 15.4. The molecule has 0 aromatic heterocycles. The maximum absolute atomic E-state index is 12.8. The molecule has 1 aliphatic heterocycles. The summed E-state index contributed by atoms with van der Waals surface area (Å²) in [6.07, 6.45) is 2.41. The molecule has 0 radical (unpaired) electrons. The number of nitrogens with zero attached hydrogens (tertiary/aromatic N) is 2. The molecule has 1 aliphatic rings. The van der Waals surface area contributed by atoms with E-state index in [-0.39, 0.29) is 5.82 Å². The zero-order valence-corrected chi connectivity index (χ0v) is 12.6. The number of hydrogen-bond donors (Lipinski definition) is 1. The minimum atomic E-state index is -0.164. The van der Waals surface area contributed by atoms with Crippen LogP contribution in [0.2, 0.25) is 0 Å². The van der Waals surface area contributed by atoms with Crippen LogP contribution < -0.4 is 5.32 Å². The summed E-state index contributed by atoms with van der Waals surface area (Å²) in [5.74, 6) is -0.164. The van der Waals surface area contributed by atoms with Crippen molar-refractivity contribution in [2.45, 2.75) is 25.4 Å². The van der Waals surface area contributed by atoms with E-state index in [0.29, 0.717) is 6.04 Å². The van der Waals surface area contributed by atoms with E-state index in [1.165, 1.54) is 38.1 Å². The third-order valence-corrected chi connectivity index (χ3v) is 3.96. The molecule has 1 N–H and O–H groups in total. The van der Waals surface area contributed by atoms with Crippen LogP contribution in [0.1, 0.15) is 18.4 Å². The van der Waals surface area contributed by atoms with Crippen LogP contribution in [0.5, 0.6) is 0 Å². The van der Waals surface area contributed by atoms with Crippen LogP contribution in [0.25, 0.3) is 0 Å². The molecule has 0 aliphatic carbocycles. The molecule has 0 amide bonds. The van der Waals surface area contributed by atoms with Gasteiger partial charge in [-0.2, -0.15) is 0 Å². The smallest absolute Gasteiger partial charge is 0.123 e. The number of rotatable bonds is 6. The quantitative estimate of drug-likeness (QED) is 0.858. The fourth-order valence-corrected chi connectivity index (χ4v) is 2.57. The third kappa shape index (κ3) is 5.19. The highest BCUT2D eigenvalue weighted by Crippen LogP contribution is 2.11. The van der Waals surface area contributed by atoms with E-state index in [1.54, 1.807) is 0 Å². The SMILES string of the molecule is CN(C)CCN1CCC(NCc2ccc(F)cc2)CC1. The van der Waals surface area contributed by atoms with Crippen molar-refractivity contribution >= 4 is 0 Å². The van der Waals surface area contributed by atoms with Crippen LogP contribution >= 0.6 is 0 Å². The van der Waals surface area contributed by atoms with Gasteiger partial charge in [-0.3, -0.25) is 0 Å². The molecular weight excluding hydrogens is 253 g/mol. The van der Waals surface area contributed by atoms with Crippen molar-refractivity contribution in [2.75, 3.05) is 40.3 Å². The lowest BCUT2D eigenvalue weighted by Crippen LogP contribution is -2.44. The van der Waals surface area contributed by atoms with Gasteiger partial charge in [0, 0.05) is 25.7 Å². The lowest BCUT2D eigenvalue weighted by Gasteiger charge is -2.33. The molecule has 0 spiro atoms. The Bertz CT molecular complexity index is 383. The van der Waals surface area contributed by atoms with Crippen LogP contribution in [0.15, 0.2) is 24.3 Å². The first-order chi connectivity index (χ1) is 9.63. The summed E-state index contributed by atoms with van der Waals surface area (Å²) < 4.78 is 12.8. The molecular formula is C16H26FN3. The van der Waals surface area contributed by atoms with E-state index in [4.69, 9.17) is 0 Å². The average molecular weight is 279 g/mol. The molecule has 4 heteroatoms. The summed E-state index contributed by atoms with van der Waals surface area (Å²) in [5, 5.41) is 3.58. The molecule has 3 nitrogen and oxygen atoms in total. The molecule has 0 saturated carbocycles. The number of likely N-dealkylation sites (N-methyl/N-ethyl adjacent to an activating group) is 1. The first-order valence-corrected chi connectivity index (χ1v) is 7.48. The summed E-state index contributed by atoms with van der Waals surface area (Å²) in [4.78, 5) is 4.77. The van der Waals surface area contributed by atoms with Crippen LogP contribution in [-0.4, -0.2) is 56.1 Å². The number of likely N-dealkylation sites (tertiary alicyclic amines) is 1. The molecule has 1 saturated heterocycles. The Morgan fingerprint density at radius 1 is 1.20 bits per heavy atom. The summed E-state index contributed by atoms with van der Waals surface area (Å²) >= 11 is 0. The topological polar surface area (TPSA) is 18.5 Å². The highest BCUT2D eigenvalue weighted by Gasteiger charge is 2.18. The molecule has 1 fully saturated rings. The lowest BCUT2D eigenvalue weighted by molar-refractivity contribution is 0.182. The largest absolute Gasteiger partial charge is 0.310 e. The van der Waals surface area contributed by atoms with Crippen LogP contribution in [-0.2, 0) is 6.54 Å². The van der Waals surface area contributed by atoms with Crippen molar-refractivity contribution < 1.29 is 4.39 Å². The lowest BCUT2D eigenvalue weighted by atomic mass is 10.0. The fourth-order valence-electron chi connectivity index (χ4n) is 2.57. The van der Waals surface area contributed by atoms with Crippen molar-refractivity contribution in [3.8, 4) is 0 Å². The maximum Gasteiger partial charge on any atom is 0.123 e. The van der Waals surface area contributed by atoms with E-state index in [1.807, 2.05) is 12.1 Å². The van der Waals surface area contributed by atoms with Crippen molar-refractivity contribution in [1.29, 1.82) is 0 Å². The second-order valence-electron chi connectivity index (χ2n) is 5.93. The van der Waals surface area contributed by atoms with Crippen molar-refractivity contribution in [2.24, 2.45) is 0 Å². The second kappa shape index (κ2) is 7.72. The van der Waals surface area contributed by atoms with Gasteiger partial charge in [-0.05, 0) is 57.7 Å². The van der Waals surface area contributed by atoms with Gasteiger partial charge in [-0.1, -0.05) is 12.1 Å². The Morgan fingerprint density at radius 3 is 2.45 bits per heavy atom. The normalized spacial score (nSPS) is 17.8. The van der Waals surface area contributed by atoms with Gasteiger partial charge in [0.25, 0.3) is 0 Å². The zero-order chi connectivity index (χ0) is 14.4. The molecule has 2 rings (SSSR count). The predicted molar refractivity (Wildman–Crippen MR) is 81.3 cm³/mol. The fraction of sp³-hybridized carbons (Fsp3) is 0.625. The summed E-state index contributed by atoms with van der Waals surface area (Å²) in [6.45, 7) is 5.48. The van der Waals surface area contributed by atoms with E-state index >= 15 is 0 Å². The van der Waals surface area contributed by atoms with Gasteiger partial charge in [0.15, 0.2) is 0 Å². The molecule has 20 heavy (non-hydrogen) atoms. The van der Waals surface area contributed by atoms with Crippen molar-refractivity contribution in [3.63, 3.8) is 0 Å². The van der Waals surface area contributed by atoms with Gasteiger partial charge < -0.3 is 15.1 Å². The Morgan fingerprint density at radius 2 is 1.85 bits per heavy atom. The molecule has 112 valence electrons. The molecule has 1 aromatic carbocycles. The Balaban J connectivity index is 1.65. The maximum atomic E-state index is 12.8. The van der Waals surface area contributed by atoms with E-state index in [0.717, 1.165) is 25.2 Å². The highest BCUT2D eigenvalue weighted by molar-refractivity contribution is 5.15. The molecule has 0 atom stereocenters. The van der Waals surface area contributed by atoms with Crippen LogP contribution in [0, 0.1) is 5.82 Å². The third-order valence-electron chi connectivity index (χ3n) is 3.96. The summed E-state index contributed by atoms with van der Waals surface area (Å²) in [5.41, 5.74) is 1.15. The molecule has 1 aromatic rings. The van der Waals surface area contributed by atoms with Crippen molar-refractivity contribution in [1.82, 2.24) is 15.1 Å². The van der Waals surface area contributed by atoms with Crippen LogP contribution in [0.3, 0.4) is 0 Å². The minimum Gasteiger partial charge on any atom is -0.310 e. The van der Waals surface area contributed by atoms with Gasteiger partial charge in [-0.15, -0.1) is 0 Å². The Kier molecular flexibility index (Phi) is 5.95. The number of benzene rings is 1. The molecule has 0 bridgehead atoms. The zero-order valence-electron chi connectivity index (χ0n) is 12.6. The van der Waals surface area contributed by atoms with E-state index in [2.05, 4.69) is 29.2 Å². The van der Waals surface area contributed by atoms with Crippen molar-refractivity contribution in [3.05, 3.63) is 35.6 Å².